The molecule has 144 valence electrons. The van der Waals surface area contributed by atoms with Crippen molar-refractivity contribution >= 4 is 122 Å². The van der Waals surface area contributed by atoms with Gasteiger partial charge in [-0.3, -0.25) is 0 Å². The largest absolute Gasteiger partial charge is 0.351 e. The van der Waals surface area contributed by atoms with Crippen LogP contribution in [0.1, 0.15) is 25.7 Å². The summed E-state index contributed by atoms with van der Waals surface area (Å²) in [5.41, 5.74) is -1.20. The molecule has 13 heteroatoms. The highest BCUT2D eigenvalue weighted by molar-refractivity contribution is 7.34. The van der Waals surface area contributed by atoms with E-state index in [1.165, 1.54) is 24.2 Å². The molecule has 0 heterocycles. The average molecular weight is 523 g/mol. The fourth-order valence-electron chi connectivity index (χ4n) is 3.28. The Labute approximate surface area is 195 Å². The van der Waals surface area contributed by atoms with Gasteiger partial charge in [-0.15, -0.1) is 0 Å². The highest BCUT2D eigenvalue weighted by Crippen LogP contribution is 2.36. The summed E-state index contributed by atoms with van der Waals surface area (Å²) in [6, 6.07) is 4.79. The molecule has 0 aromatic heterocycles. The summed E-state index contributed by atoms with van der Waals surface area (Å²) in [7, 11) is -1.53. The lowest BCUT2D eigenvalue weighted by Gasteiger charge is -2.33. The molecule has 0 spiro atoms. The Bertz CT molecular complexity index is 264. The fraction of sp³-hybridized carbons (Fsp3) is 1.00. The SMILES string of the molecule is ClB(Cl)CCC[Si](CCCB(Cl)Cl)(CCCB(Cl)Cl)CCCB(Cl)Cl. The van der Waals surface area contributed by atoms with Gasteiger partial charge in [-0.2, -0.15) is 91.7 Å². The molecule has 0 amide bonds. The van der Waals surface area contributed by atoms with Crippen molar-refractivity contribution in [2.75, 3.05) is 0 Å². The van der Waals surface area contributed by atoms with Crippen LogP contribution >= 0.6 is 91.7 Å². The van der Waals surface area contributed by atoms with E-state index in [4.69, 9.17) is 91.7 Å². The number of hydrogen-bond donors (Lipinski definition) is 0. The van der Waals surface area contributed by atoms with Gasteiger partial charge in [0, 0.05) is 0 Å². The van der Waals surface area contributed by atoms with Crippen LogP contribution in [0.25, 0.3) is 0 Å². The minimum absolute atomic E-state index is 0.299. The summed E-state index contributed by atoms with van der Waals surface area (Å²) in [6.07, 6.45) is 7.49. The van der Waals surface area contributed by atoms with Gasteiger partial charge in [0.1, 0.15) is 0 Å². The highest BCUT2D eigenvalue weighted by Gasteiger charge is 2.32. The lowest BCUT2D eigenvalue weighted by atomic mass is 9.99. The zero-order valence-electron chi connectivity index (χ0n) is 14.3. The van der Waals surface area contributed by atoms with Crippen LogP contribution in [0.4, 0.5) is 0 Å². The van der Waals surface area contributed by atoms with Crippen molar-refractivity contribution in [2.24, 2.45) is 0 Å². The maximum atomic E-state index is 5.92. The van der Waals surface area contributed by atoms with Gasteiger partial charge in [0.2, 0.25) is 0 Å². The van der Waals surface area contributed by atoms with Gasteiger partial charge in [-0.05, 0) is 25.3 Å². The van der Waals surface area contributed by atoms with Crippen LogP contribution in [0, 0.1) is 0 Å². The molecule has 0 aliphatic heterocycles. The molecule has 0 N–H and O–H groups in total. The molecular weight excluding hydrogens is 499 g/mol. The topological polar surface area (TPSA) is 0 Å². The lowest BCUT2D eigenvalue weighted by Crippen LogP contribution is -2.34. The number of halogens is 8. The van der Waals surface area contributed by atoms with Crippen LogP contribution in [0.15, 0.2) is 0 Å². The maximum Gasteiger partial charge on any atom is 0.351 e. The van der Waals surface area contributed by atoms with Crippen molar-refractivity contribution in [3.05, 3.63) is 0 Å². The quantitative estimate of drug-likeness (QED) is 0.177. The van der Waals surface area contributed by atoms with E-state index < -0.39 is 8.07 Å². The second kappa shape index (κ2) is 16.6. The first-order chi connectivity index (χ1) is 11.7. The Morgan fingerprint density at radius 3 is 0.760 bits per heavy atom. The molecule has 0 rings (SSSR count). The van der Waals surface area contributed by atoms with Crippen molar-refractivity contribution in [3.8, 4) is 0 Å². The Balaban J connectivity index is 4.85. The minimum atomic E-state index is -1.53. The molecule has 0 unspecified atom stereocenters. The predicted molar refractivity (Wildman–Crippen MR) is 133 cm³/mol. The Kier molecular flexibility index (Phi) is 18.4. The molecule has 0 atom stereocenters. The summed E-state index contributed by atoms with van der Waals surface area (Å²) in [5.74, 6) is 0. The predicted octanol–water partition coefficient (Wildman–Crippen LogP) is 8.86. The number of hydrogen-bond acceptors (Lipinski definition) is 0. The molecule has 0 radical (unpaired) electrons. The molecule has 0 nitrogen and oxygen atoms in total. The summed E-state index contributed by atoms with van der Waals surface area (Å²) in [6.45, 7) is 0. The van der Waals surface area contributed by atoms with Crippen LogP contribution in [0.3, 0.4) is 0 Å². The average Bonchev–Trinajstić information content (AvgIpc) is 2.45. The standard InChI is InChI=1S/C12H24B4Cl8Si/c17-13(18)5-1-9-25(10-2-6-14(19)20,11-3-7-15(21)22)12-4-8-16(23)24/h1-12H2. The molecule has 0 aliphatic rings. The third kappa shape index (κ3) is 17.4. The summed E-state index contributed by atoms with van der Waals surface area (Å²) in [4.78, 5) is 0. The number of rotatable bonds is 16. The van der Waals surface area contributed by atoms with E-state index in [0.29, 0.717) is 0 Å². The Morgan fingerprint density at radius 1 is 0.400 bits per heavy atom. The molecule has 0 fully saturated rings. The van der Waals surface area contributed by atoms with Crippen molar-refractivity contribution in [3.63, 3.8) is 0 Å². The fourth-order valence-corrected chi connectivity index (χ4v) is 9.83. The van der Waals surface area contributed by atoms with Gasteiger partial charge in [-0.25, -0.2) is 0 Å². The molecule has 25 heavy (non-hydrogen) atoms. The second-order valence-electron chi connectivity index (χ2n) is 6.63. The first kappa shape index (κ1) is 27.8. The van der Waals surface area contributed by atoms with Crippen molar-refractivity contribution in [1.29, 1.82) is 0 Å². The van der Waals surface area contributed by atoms with E-state index in [1.807, 2.05) is 0 Å². The highest BCUT2D eigenvalue weighted by atomic mass is 35.5. The van der Waals surface area contributed by atoms with E-state index in [9.17, 15) is 0 Å². The van der Waals surface area contributed by atoms with Crippen molar-refractivity contribution < 1.29 is 0 Å². The molecule has 0 saturated carbocycles. The van der Waals surface area contributed by atoms with Crippen LogP contribution in [0.5, 0.6) is 0 Å². The van der Waals surface area contributed by atoms with Gasteiger partial charge >= 0.3 is 22.2 Å². The van der Waals surface area contributed by atoms with Crippen LogP contribution in [-0.4, -0.2) is 30.2 Å². The smallest absolute Gasteiger partial charge is 0.172 e. The van der Waals surface area contributed by atoms with Gasteiger partial charge in [0.05, 0.1) is 8.07 Å². The summed E-state index contributed by atoms with van der Waals surface area (Å²) >= 11 is 47.4. The van der Waals surface area contributed by atoms with Gasteiger partial charge < -0.3 is 0 Å². The molecule has 0 aromatic carbocycles. The van der Waals surface area contributed by atoms with E-state index in [1.54, 1.807) is 0 Å². The van der Waals surface area contributed by atoms with Gasteiger partial charge in [0.15, 0.2) is 0 Å². The third-order valence-corrected chi connectivity index (χ3v) is 11.9. The monoisotopic (exact) mass is 520 g/mol. The van der Waals surface area contributed by atoms with E-state index >= 15 is 0 Å². The minimum Gasteiger partial charge on any atom is -0.172 e. The van der Waals surface area contributed by atoms with Crippen molar-refractivity contribution in [1.82, 2.24) is 0 Å². The molecule has 0 bridgehead atoms. The zero-order chi connectivity index (χ0) is 19.3. The molecule has 0 aromatic rings. The van der Waals surface area contributed by atoms with Crippen LogP contribution in [-0.2, 0) is 0 Å². The first-order valence-corrected chi connectivity index (χ1v) is 15.1. The van der Waals surface area contributed by atoms with E-state index in [0.717, 1.165) is 51.0 Å². The summed E-state index contributed by atoms with van der Waals surface area (Å²) < 4.78 is 0. The molecule has 0 aliphatic carbocycles. The molecular formula is C12H24B4Cl8Si. The van der Waals surface area contributed by atoms with Crippen LogP contribution in [0.2, 0.25) is 49.5 Å². The van der Waals surface area contributed by atoms with Crippen LogP contribution < -0.4 is 0 Å². The maximum absolute atomic E-state index is 5.92. The van der Waals surface area contributed by atoms with Crippen molar-refractivity contribution in [2.45, 2.75) is 75.1 Å². The molecule has 0 saturated heterocycles. The second-order valence-corrected chi connectivity index (χ2v) is 16.7. The third-order valence-electron chi connectivity index (χ3n) is 4.52. The lowest BCUT2D eigenvalue weighted by molar-refractivity contribution is 0.876. The summed E-state index contributed by atoms with van der Waals surface area (Å²) in [5, 5.41) is 0. The van der Waals surface area contributed by atoms with Gasteiger partial charge in [-0.1, -0.05) is 49.9 Å². The van der Waals surface area contributed by atoms with E-state index in [-0.39, 0.29) is 22.2 Å². The Morgan fingerprint density at radius 2 is 0.600 bits per heavy atom. The van der Waals surface area contributed by atoms with E-state index in [2.05, 4.69) is 0 Å². The zero-order valence-corrected chi connectivity index (χ0v) is 21.4. The Hall–Kier alpha value is 2.80. The van der Waals surface area contributed by atoms with Gasteiger partial charge in [0.25, 0.3) is 0 Å². The normalized spacial score (nSPS) is 11.5. The first-order valence-electron chi connectivity index (χ1n) is 8.79.